The van der Waals surface area contributed by atoms with Gasteiger partial charge in [-0.25, -0.2) is 0 Å². The Morgan fingerprint density at radius 1 is 0.875 bits per heavy atom. The van der Waals surface area contributed by atoms with Crippen LogP contribution in [0.5, 0.6) is 17.2 Å². The predicted molar refractivity (Wildman–Crippen MR) is 128 cm³/mol. The van der Waals surface area contributed by atoms with Crippen molar-refractivity contribution in [1.82, 2.24) is 0 Å². The maximum Gasteiger partial charge on any atom is 2.00 e. The Kier molecular flexibility index (Phi) is 8.00. The molecule has 0 aliphatic carbocycles. The standard InChI is InChI=1S/C26H29O3Si.BrH.Mg/c1-18-12-14-21-23(16-18)28-24-17-20(29-30(5,6)25(2,3)4)13-15-22(24)26(21,27)19-10-8-7-9-11-19;;/h7-17H,1-6H3;1H;/q-1;;+2/p-1. The van der Waals surface area contributed by atoms with E-state index in [1.165, 1.54) is 0 Å². The Labute approximate surface area is 219 Å². The molecule has 0 bridgehead atoms. The molecule has 1 atom stereocenters. The van der Waals surface area contributed by atoms with Crippen LogP contribution in [0.4, 0.5) is 0 Å². The fraction of sp³-hybridized carbons (Fsp3) is 0.308. The molecule has 3 aromatic carbocycles. The third-order valence-corrected chi connectivity index (χ3v) is 10.8. The van der Waals surface area contributed by atoms with Gasteiger partial charge in [0.1, 0.15) is 17.2 Å². The SMILES string of the molecule is Cc1ccc2c(c1)Oc1cc(O[Si](C)(C)C(C)(C)C)ccc1C2([O-])c1ccccc1.[Br-].[Mg+2]. The van der Waals surface area contributed by atoms with E-state index in [2.05, 4.69) is 33.9 Å². The van der Waals surface area contributed by atoms with Gasteiger partial charge in [-0.1, -0.05) is 69.3 Å². The van der Waals surface area contributed by atoms with Crippen molar-refractivity contribution in [2.45, 2.75) is 51.4 Å². The summed E-state index contributed by atoms with van der Waals surface area (Å²) in [5, 5.41) is 14.6. The molecule has 1 unspecified atom stereocenters. The third-order valence-electron chi connectivity index (χ3n) is 6.43. The summed E-state index contributed by atoms with van der Waals surface area (Å²) < 4.78 is 12.7. The van der Waals surface area contributed by atoms with E-state index in [9.17, 15) is 5.11 Å². The van der Waals surface area contributed by atoms with Crippen molar-refractivity contribution < 1.29 is 31.3 Å². The van der Waals surface area contributed by atoms with Gasteiger partial charge < -0.3 is 31.3 Å². The first-order chi connectivity index (χ1) is 14.0. The Hall–Kier alpha value is -1.32. The van der Waals surface area contributed by atoms with Crippen LogP contribution in [0.3, 0.4) is 0 Å². The zero-order valence-electron chi connectivity index (χ0n) is 19.7. The maximum absolute atomic E-state index is 14.5. The average Bonchev–Trinajstić information content (AvgIpc) is 2.67. The molecule has 0 N–H and O–H groups in total. The van der Waals surface area contributed by atoms with Gasteiger partial charge in [-0.2, -0.15) is 0 Å². The number of benzene rings is 3. The Morgan fingerprint density at radius 2 is 1.44 bits per heavy atom. The minimum Gasteiger partial charge on any atom is -1.00 e. The average molecular weight is 522 g/mol. The topological polar surface area (TPSA) is 41.5 Å². The van der Waals surface area contributed by atoms with Gasteiger partial charge in [0, 0.05) is 6.07 Å². The Balaban J connectivity index is 0.00000181. The van der Waals surface area contributed by atoms with E-state index in [1.807, 2.05) is 73.7 Å². The van der Waals surface area contributed by atoms with Crippen molar-refractivity contribution in [3.63, 3.8) is 0 Å². The van der Waals surface area contributed by atoms with E-state index in [1.54, 1.807) is 0 Å². The molecule has 1 heterocycles. The van der Waals surface area contributed by atoms with Crippen molar-refractivity contribution in [3.05, 3.63) is 89.0 Å². The number of aryl methyl sites for hydroxylation is 1. The molecule has 32 heavy (non-hydrogen) atoms. The smallest absolute Gasteiger partial charge is 1.00 e. The zero-order chi connectivity index (χ0) is 21.7. The Morgan fingerprint density at radius 3 is 2.03 bits per heavy atom. The number of halogens is 1. The number of hydrogen-bond acceptors (Lipinski definition) is 3. The van der Waals surface area contributed by atoms with Gasteiger partial charge in [0.25, 0.3) is 0 Å². The van der Waals surface area contributed by atoms with Crippen LogP contribution in [-0.4, -0.2) is 31.4 Å². The quantitative estimate of drug-likeness (QED) is 0.498. The summed E-state index contributed by atoms with van der Waals surface area (Å²) in [5.41, 5.74) is 1.49. The molecule has 0 spiro atoms. The second-order valence-electron chi connectivity index (χ2n) is 9.67. The van der Waals surface area contributed by atoms with E-state index in [0.717, 1.165) is 11.3 Å². The summed E-state index contributed by atoms with van der Waals surface area (Å²) >= 11 is 0. The molecule has 0 saturated carbocycles. The van der Waals surface area contributed by atoms with Gasteiger partial charge in [-0.3, -0.25) is 0 Å². The van der Waals surface area contributed by atoms with Crippen molar-refractivity contribution >= 4 is 31.4 Å². The van der Waals surface area contributed by atoms with E-state index in [0.29, 0.717) is 28.2 Å². The molecule has 0 aromatic heterocycles. The van der Waals surface area contributed by atoms with Crippen LogP contribution in [0.15, 0.2) is 66.7 Å². The van der Waals surface area contributed by atoms with Gasteiger partial charge in [0.15, 0.2) is 0 Å². The molecule has 4 rings (SSSR count). The first-order valence-corrected chi connectivity index (χ1v) is 13.3. The molecule has 0 saturated heterocycles. The molecule has 0 radical (unpaired) electrons. The molecule has 0 fully saturated rings. The fourth-order valence-corrected chi connectivity index (χ4v) is 4.66. The van der Waals surface area contributed by atoms with Gasteiger partial charge >= 0.3 is 23.1 Å². The third kappa shape index (κ3) is 4.66. The summed E-state index contributed by atoms with van der Waals surface area (Å²) in [6.45, 7) is 13.1. The molecule has 1 aliphatic rings. The summed E-state index contributed by atoms with van der Waals surface area (Å²) in [5.74, 6) is 1.95. The van der Waals surface area contributed by atoms with Crippen LogP contribution in [0.1, 0.15) is 43.0 Å². The van der Waals surface area contributed by atoms with Crippen LogP contribution < -0.4 is 31.3 Å². The normalized spacial score (nSPS) is 17.1. The first kappa shape index (κ1) is 26.9. The summed E-state index contributed by atoms with van der Waals surface area (Å²) in [4.78, 5) is 0. The minimum atomic E-state index is -2.00. The van der Waals surface area contributed by atoms with Crippen LogP contribution in [0.25, 0.3) is 0 Å². The number of rotatable bonds is 3. The van der Waals surface area contributed by atoms with Crippen LogP contribution >= 0.6 is 0 Å². The Bertz CT molecular complexity index is 1100. The van der Waals surface area contributed by atoms with E-state index in [4.69, 9.17) is 9.16 Å². The first-order valence-electron chi connectivity index (χ1n) is 10.4. The number of hydrogen-bond donors (Lipinski definition) is 0. The van der Waals surface area contributed by atoms with E-state index >= 15 is 0 Å². The summed E-state index contributed by atoms with van der Waals surface area (Å²) in [6.07, 6.45) is 0. The van der Waals surface area contributed by atoms with Gasteiger partial charge in [-0.05, 0) is 65.0 Å². The summed E-state index contributed by atoms with van der Waals surface area (Å²) in [6, 6.07) is 21.0. The molecule has 6 heteroatoms. The van der Waals surface area contributed by atoms with E-state index < -0.39 is 13.9 Å². The number of fused-ring (bicyclic) bond motifs is 2. The van der Waals surface area contributed by atoms with Gasteiger partial charge in [0.2, 0.25) is 8.32 Å². The van der Waals surface area contributed by atoms with E-state index in [-0.39, 0.29) is 45.1 Å². The van der Waals surface area contributed by atoms with Crippen LogP contribution in [0, 0.1) is 6.92 Å². The van der Waals surface area contributed by atoms with Crippen LogP contribution in [-0.2, 0) is 5.60 Å². The van der Waals surface area contributed by atoms with Crippen LogP contribution in [0.2, 0.25) is 18.1 Å². The molecule has 0 amide bonds. The molecular weight excluding hydrogens is 493 g/mol. The number of ether oxygens (including phenoxy) is 1. The fourth-order valence-electron chi connectivity index (χ4n) is 3.64. The molecule has 3 aromatic rings. The monoisotopic (exact) mass is 520 g/mol. The molecular formula is C26H29BrMgO3Si. The maximum atomic E-state index is 14.5. The van der Waals surface area contributed by atoms with Crippen molar-refractivity contribution in [3.8, 4) is 17.2 Å². The molecule has 164 valence electrons. The molecule has 3 nitrogen and oxygen atoms in total. The van der Waals surface area contributed by atoms with Gasteiger partial charge in [-0.15, -0.1) is 0 Å². The largest absolute Gasteiger partial charge is 2.00 e. The van der Waals surface area contributed by atoms with Crippen molar-refractivity contribution in [2.75, 3.05) is 0 Å². The second kappa shape index (κ2) is 9.51. The second-order valence-corrected chi connectivity index (χ2v) is 14.4. The minimum absolute atomic E-state index is 0. The van der Waals surface area contributed by atoms with Crippen molar-refractivity contribution in [1.29, 1.82) is 0 Å². The zero-order valence-corrected chi connectivity index (χ0v) is 23.7. The summed E-state index contributed by atoms with van der Waals surface area (Å²) in [7, 11) is -2.00. The van der Waals surface area contributed by atoms with Gasteiger partial charge in [0.05, 0.1) is 0 Å². The van der Waals surface area contributed by atoms with Crippen molar-refractivity contribution in [2.24, 2.45) is 0 Å². The molecule has 1 aliphatic heterocycles. The predicted octanol–water partition coefficient (Wildman–Crippen LogP) is 2.76.